The lowest BCUT2D eigenvalue weighted by Crippen LogP contribution is -2.33. The summed E-state index contributed by atoms with van der Waals surface area (Å²) in [5.74, 6) is 0.206. The van der Waals surface area contributed by atoms with E-state index in [1.165, 1.54) is 0 Å². The number of likely N-dealkylation sites (tertiary alicyclic amines) is 1. The van der Waals surface area contributed by atoms with E-state index in [1.807, 2.05) is 29.2 Å². The third-order valence-corrected chi connectivity index (χ3v) is 3.70. The molecule has 0 unspecified atom stereocenters. The molecular weight excluding hydrogens is 315 g/mol. The first-order valence-corrected chi connectivity index (χ1v) is 6.61. The maximum absolute atomic E-state index is 11.8. The second-order valence-corrected chi connectivity index (χ2v) is 5.08. The zero-order valence-electron chi connectivity index (χ0n) is 9.08. The Morgan fingerprint density at radius 3 is 2.69 bits per heavy atom. The second kappa shape index (κ2) is 5.52. The van der Waals surface area contributed by atoms with Gasteiger partial charge in [-0.15, -0.1) is 0 Å². The maximum atomic E-state index is 11.8. The highest BCUT2D eigenvalue weighted by molar-refractivity contribution is 14.1. The summed E-state index contributed by atoms with van der Waals surface area (Å²) in [5, 5.41) is 3.19. The number of nitrogens with zero attached hydrogens (tertiary/aromatic N) is 1. The first kappa shape index (κ1) is 11.7. The lowest BCUT2D eigenvalue weighted by molar-refractivity contribution is -0.128. The Hall–Kier alpha value is -0.780. The highest BCUT2D eigenvalue weighted by atomic mass is 127. The lowest BCUT2D eigenvalue weighted by Gasteiger charge is -2.16. The highest BCUT2D eigenvalue weighted by Crippen LogP contribution is 2.16. The van der Waals surface area contributed by atoms with Gasteiger partial charge in [-0.1, -0.05) is 12.1 Å². The van der Waals surface area contributed by atoms with E-state index in [9.17, 15) is 4.79 Å². The molecule has 1 aliphatic heterocycles. The van der Waals surface area contributed by atoms with Gasteiger partial charge in [-0.05, 0) is 47.6 Å². The van der Waals surface area contributed by atoms with Gasteiger partial charge < -0.3 is 10.2 Å². The molecule has 1 aromatic carbocycles. The first-order chi connectivity index (χ1) is 7.77. The van der Waals surface area contributed by atoms with Crippen molar-refractivity contribution in [1.29, 1.82) is 0 Å². The van der Waals surface area contributed by atoms with Gasteiger partial charge in [0.1, 0.15) is 0 Å². The number of benzene rings is 1. The summed E-state index contributed by atoms with van der Waals surface area (Å²) >= 11 is 2.27. The number of carbonyl (C=O) groups is 1. The number of halogens is 1. The van der Waals surface area contributed by atoms with Crippen LogP contribution in [0.2, 0.25) is 0 Å². The number of hydrogen-bond donors (Lipinski definition) is 1. The van der Waals surface area contributed by atoms with Crippen molar-refractivity contribution in [2.75, 3.05) is 25.0 Å². The molecule has 1 fully saturated rings. The van der Waals surface area contributed by atoms with E-state index in [4.69, 9.17) is 0 Å². The number of hydrogen-bond acceptors (Lipinski definition) is 2. The van der Waals surface area contributed by atoms with Gasteiger partial charge in [-0.25, -0.2) is 0 Å². The van der Waals surface area contributed by atoms with E-state index >= 15 is 0 Å². The van der Waals surface area contributed by atoms with Crippen LogP contribution in [-0.4, -0.2) is 30.4 Å². The summed E-state index contributed by atoms with van der Waals surface area (Å²) in [4.78, 5) is 13.7. The first-order valence-electron chi connectivity index (χ1n) is 5.53. The number of nitrogens with one attached hydrogen (secondary N) is 1. The third kappa shape index (κ3) is 2.87. The number of anilines is 1. The molecule has 4 heteroatoms. The summed E-state index contributed by atoms with van der Waals surface area (Å²) in [6, 6.07) is 8.00. The molecule has 1 aliphatic rings. The highest BCUT2D eigenvalue weighted by Gasteiger charge is 2.17. The predicted molar refractivity (Wildman–Crippen MR) is 73.5 cm³/mol. The molecule has 0 atom stereocenters. The number of amides is 1. The van der Waals surface area contributed by atoms with Gasteiger partial charge in [0, 0.05) is 22.3 Å². The van der Waals surface area contributed by atoms with Crippen molar-refractivity contribution in [2.24, 2.45) is 0 Å². The monoisotopic (exact) mass is 330 g/mol. The maximum Gasteiger partial charge on any atom is 0.241 e. The van der Waals surface area contributed by atoms with Gasteiger partial charge in [0.25, 0.3) is 0 Å². The van der Waals surface area contributed by atoms with Crippen LogP contribution in [0.1, 0.15) is 12.8 Å². The van der Waals surface area contributed by atoms with Crippen molar-refractivity contribution in [3.05, 3.63) is 27.8 Å². The zero-order valence-corrected chi connectivity index (χ0v) is 11.2. The summed E-state index contributed by atoms with van der Waals surface area (Å²) in [7, 11) is 0. The molecule has 16 heavy (non-hydrogen) atoms. The molecule has 1 amide bonds. The molecule has 1 heterocycles. The fourth-order valence-corrected chi connectivity index (χ4v) is 2.43. The van der Waals surface area contributed by atoms with Gasteiger partial charge in [-0.2, -0.15) is 0 Å². The third-order valence-electron chi connectivity index (χ3n) is 2.76. The standard InChI is InChI=1S/C12H15IN2O/c13-10-5-1-2-6-11(10)14-9-12(16)15-7-3-4-8-15/h1-2,5-6,14H,3-4,7-9H2. The summed E-state index contributed by atoms with van der Waals surface area (Å²) in [6.07, 6.45) is 2.29. The Bertz CT molecular complexity index is 375. The zero-order chi connectivity index (χ0) is 11.4. The molecule has 2 rings (SSSR count). The van der Waals surface area contributed by atoms with E-state index in [0.717, 1.165) is 35.2 Å². The Morgan fingerprint density at radius 2 is 2.00 bits per heavy atom. The number of para-hydroxylation sites is 1. The minimum absolute atomic E-state index is 0.206. The van der Waals surface area contributed by atoms with Gasteiger partial charge in [0.2, 0.25) is 5.91 Å². The van der Waals surface area contributed by atoms with Crippen LogP contribution in [0.5, 0.6) is 0 Å². The van der Waals surface area contributed by atoms with Crippen LogP contribution in [-0.2, 0) is 4.79 Å². The van der Waals surface area contributed by atoms with Gasteiger partial charge in [-0.3, -0.25) is 4.79 Å². The Kier molecular flexibility index (Phi) is 4.04. The molecule has 0 aromatic heterocycles. The molecule has 0 saturated carbocycles. The van der Waals surface area contributed by atoms with Crippen molar-refractivity contribution in [2.45, 2.75) is 12.8 Å². The van der Waals surface area contributed by atoms with Crippen LogP contribution in [0.4, 0.5) is 5.69 Å². The van der Waals surface area contributed by atoms with E-state index in [0.29, 0.717) is 6.54 Å². The van der Waals surface area contributed by atoms with E-state index in [2.05, 4.69) is 27.9 Å². The fraction of sp³-hybridized carbons (Fsp3) is 0.417. The normalized spacial score (nSPS) is 15.2. The average Bonchev–Trinajstić information content (AvgIpc) is 2.81. The number of carbonyl (C=O) groups excluding carboxylic acids is 1. The van der Waals surface area contributed by atoms with Crippen molar-refractivity contribution in [3.8, 4) is 0 Å². The van der Waals surface area contributed by atoms with Crippen LogP contribution in [0.15, 0.2) is 24.3 Å². The molecule has 86 valence electrons. The molecule has 1 aromatic rings. The molecule has 0 radical (unpaired) electrons. The van der Waals surface area contributed by atoms with Gasteiger partial charge in [0.15, 0.2) is 0 Å². The summed E-state index contributed by atoms with van der Waals surface area (Å²) < 4.78 is 1.15. The van der Waals surface area contributed by atoms with Crippen LogP contribution >= 0.6 is 22.6 Å². The Morgan fingerprint density at radius 1 is 1.31 bits per heavy atom. The minimum Gasteiger partial charge on any atom is -0.375 e. The van der Waals surface area contributed by atoms with Crippen LogP contribution in [0.3, 0.4) is 0 Å². The van der Waals surface area contributed by atoms with Crippen LogP contribution in [0, 0.1) is 3.57 Å². The van der Waals surface area contributed by atoms with Crippen molar-refractivity contribution >= 4 is 34.2 Å². The van der Waals surface area contributed by atoms with E-state index < -0.39 is 0 Å². The van der Waals surface area contributed by atoms with Crippen LogP contribution in [0.25, 0.3) is 0 Å². The van der Waals surface area contributed by atoms with Gasteiger partial charge in [0.05, 0.1) is 6.54 Å². The molecule has 0 bridgehead atoms. The lowest BCUT2D eigenvalue weighted by atomic mass is 10.3. The fourth-order valence-electron chi connectivity index (χ4n) is 1.85. The predicted octanol–water partition coefficient (Wildman–Crippen LogP) is 2.33. The summed E-state index contributed by atoms with van der Waals surface area (Å²) in [5.41, 5.74) is 1.04. The van der Waals surface area contributed by atoms with E-state index in [1.54, 1.807) is 0 Å². The quantitative estimate of drug-likeness (QED) is 0.863. The number of rotatable bonds is 3. The van der Waals surface area contributed by atoms with Crippen molar-refractivity contribution < 1.29 is 4.79 Å². The topological polar surface area (TPSA) is 32.3 Å². The minimum atomic E-state index is 0.206. The van der Waals surface area contributed by atoms with Crippen LogP contribution < -0.4 is 5.32 Å². The largest absolute Gasteiger partial charge is 0.375 e. The van der Waals surface area contributed by atoms with E-state index in [-0.39, 0.29) is 5.91 Å². The molecule has 1 saturated heterocycles. The van der Waals surface area contributed by atoms with Crippen molar-refractivity contribution in [1.82, 2.24) is 4.90 Å². The molecular formula is C12H15IN2O. The van der Waals surface area contributed by atoms with Gasteiger partial charge >= 0.3 is 0 Å². The SMILES string of the molecule is O=C(CNc1ccccc1I)N1CCCC1. The smallest absolute Gasteiger partial charge is 0.241 e. The molecule has 3 nitrogen and oxygen atoms in total. The summed E-state index contributed by atoms with van der Waals surface area (Å²) in [6.45, 7) is 2.25. The Labute approximate surface area is 109 Å². The molecule has 0 aliphatic carbocycles. The molecule has 1 N–H and O–H groups in total. The van der Waals surface area contributed by atoms with Crippen molar-refractivity contribution in [3.63, 3.8) is 0 Å². The Balaban J connectivity index is 1.87. The average molecular weight is 330 g/mol. The molecule has 0 spiro atoms. The second-order valence-electron chi connectivity index (χ2n) is 3.92.